The highest BCUT2D eigenvalue weighted by Gasteiger charge is 2.05. The molecule has 0 aliphatic rings. The van der Waals surface area contributed by atoms with Crippen molar-refractivity contribution in [2.24, 2.45) is 0 Å². The zero-order chi connectivity index (χ0) is 13.2. The number of nitrogen functional groups attached to an aromatic ring is 1. The lowest BCUT2D eigenvalue weighted by molar-refractivity contribution is 0.476. The summed E-state index contributed by atoms with van der Waals surface area (Å²) in [7, 11) is 0. The van der Waals surface area contributed by atoms with E-state index in [0.717, 1.165) is 16.3 Å². The molecule has 96 valence electrons. The molecule has 0 unspecified atom stereocenters. The van der Waals surface area contributed by atoms with E-state index in [2.05, 4.69) is 20.5 Å². The van der Waals surface area contributed by atoms with Crippen molar-refractivity contribution < 1.29 is 5.11 Å². The van der Waals surface area contributed by atoms with Crippen LogP contribution in [0.3, 0.4) is 0 Å². The summed E-state index contributed by atoms with van der Waals surface area (Å²) in [5.41, 5.74) is 6.60. The van der Waals surface area contributed by atoms with Gasteiger partial charge < -0.3 is 16.2 Å². The van der Waals surface area contributed by atoms with Crippen LogP contribution in [0, 0.1) is 0 Å². The molecule has 0 fully saturated rings. The van der Waals surface area contributed by atoms with Gasteiger partial charge in [0, 0.05) is 23.7 Å². The standard InChI is InChI=1S/C13H13N5O/c14-12-9(7-17-18-12)6-16-13-11-5-10(19)2-1-8(11)3-4-15-13/h1-5,7,19H,6H2,(H,15,16)(H3,14,17,18). The lowest BCUT2D eigenvalue weighted by atomic mass is 10.1. The molecule has 3 rings (SSSR count). The van der Waals surface area contributed by atoms with Crippen LogP contribution in [0.1, 0.15) is 5.56 Å². The van der Waals surface area contributed by atoms with Crippen LogP contribution in [0.4, 0.5) is 11.6 Å². The van der Waals surface area contributed by atoms with Gasteiger partial charge in [-0.2, -0.15) is 5.10 Å². The normalized spacial score (nSPS) is 10.7. The second kappa shape index (κ2) is 4.49. The summed E-state index contributed by atoms with van der Waals surface area (Å²) >= 11 is 0. The molecule has 0 amide bonds. The van der Waals surface area contributed by atoms with Crippen molar-refractivity contribution in [3.63, 3.8) is 0 Å². The Morgan fingerprint density at radius 1 is 1.32 bits per heavy atom. The van der Waals surface area contributed by atoms with Gasteiger partial charge in [0.2, 0.25) is 0 Å². The molecule has 0 bridgehead atoms. The number of hydrogen-bond donors (Lipinski definition) is 4. The number of fused-ring (bicyclic) bond motifs is 1. The zero-order valence-electron chi connectivity index (χ0n) is 10.1. The number of H-pyrrole nitrogens is 1. The van der Waals surface area contributed by atoms with Gasteiger partial charge in [-0.25, -0.2) is 4.98 Å². The van der Waals surface area contributed by atoms with Crippen LogP contribution in [-0.4, -0.2) is 20.3 Å². The minimum atomic E-state index is 0.214. The zero-order valence-corrected chi connectivity index (χ0v) is 10.1. The topological polar surface area (TPSA) is 99.9 Å². The van der Waals surface area contributed by atoms with Gasteiger partial charge in [-0.15, -0.1) is 0 Å². The number of anilines is 2. The third-order valence-corrected chi connectivity index (χ3v) is 2.95. The SMILES string of the molecule is Nc1[nH]ncc1CNc1nccc2ccc(O)cc12. The molecule has 6 heteroatoms. The molecule has 3 aromatic rings. The number of nitrogens with two attached hydrogens (primary N) is 1. The Labute approximate surface area is 109 Å². The minimum Gasteiger partial charge on any atom is -0.508 e. The van der Waals surface area contributed by atoms with Gasteiger partial charge in [0.25, 0.3) is 0 Å². The summed E-state index contributed by atoms with van der Waals surface area (Å²) in [5, 5.41) is 21.2. The molecule has 19 heavy (non-hydrogen) atoms. The molecule has 2 heterocycles. The van der Waals surface area contributed by atoms with E-state index < -0.39 is 0 Å². The number of nitrogens with zero attached hydrogens (tertiary/aromatic N) is 2. The fourth-order valence-corrected chi connectivity index (χ4v) is 1.94. The molecular formula is C13H13N5O. The van der Waals surface area contributed by atoms with E-state index in [9.17, 15) is 5.11 Å². The number of hydrogen-bond acceptors (Lipinski definition) is 5. The van der Waals surface area contributed by atoms with E-state index in [1.54, 1.807) is 24.5 Å². The number of aromatic nitrogens is 3. The molecule has 0 spiro atoms. The van der Waals surface area contributed by atoms with Crippen molar-refractivity contribution >= 4 is 22.4 Å². The average Bonchev–Trinajstić information content (AvgIpc) is 2.82. The fraction of sp³-hybridized carbons (Fsp3) is 0.0769. The molecule has 0 saturated heterocycles. The van der Waals surface area contributed by atoms with Gasteiger partial charge in [0.15, 0.2) is 0 Å². The van der Waals surface area contributed by atoms with E-state index in [1.807, 2.05) is 12.1 Å². The van der Waals surface area contributed by atoms with Crippen LogP contribution in [0.5, 0.6) is 5.75 Å². The number of benzene rings is 1. The lowest BCUT2D eigenvalue weighted by Gasteiger charge is -2.08. The van der Waals surface area contributed by atoms with Crippen LogP contribution >= 0.6 is 0 Å². The predicted molar refractivity (Wildman–Crippen MR) is 73.7 cm³/mol. The third-order valence-electron chi connectivity index (χ3n) is 2.95. The summed E-state index contributed by atoms with van der Waals surface area (Å²) in [5.74, 6) is 1.45. The molecule has 0 atom stereocenters. The molecule has 0 saturated carbocycles. The molecule has 0 aliphatic carbocycles. The average molecular weight is 255 g/mol. The Hall–Kier alpha value is -2.76. The van der Waals surface area contributed by atoms with Crippen LogP contribution in [-0.2, 0) is 6.54 Å². The Morgan fingerprint density at radius 2 is 2.21 bits per heavy atom. The number of aromatic amines is 1. The number of phenols is 1. The minimum absolute atomic E-state index is 0.214. The van der Waals surface area contributed by atoms with Crippen molar-refractivity contribution in [1.82, 2.24) is 15.2 Å². The molecule has 5 N–H and O–H groups in total. The quantitative estimate of drug-likeness (QED) is 0.572. The molecular weight excluding hydrogens is 242 g/mol. The number of pyridine rings is 1. The van der Waals surface area contributed by atoms with Crippen molar-refractivity contribution in [3.8, 4) is 5.75 Å². The van der Waals surface area contributed by atoms with Crippen LogP contribution in [0.15, 0.2) is 36.7 Å². The highest BCUT2D eigenvalue weighted by Crippen LogP contribution is 2.25. The maximum Gasteiger partial charge on any atom is 0.134 e. The summed E-state index contributed by atoms with van der Waals surface area (Å²) in [4.78, 5) is 4.28. The van der Waals surface area contributed by atoms with E-state index in [-0.39, 0.29) is 5.75 Å². The van der Waals surface area contributed by atoms with Crippen molar-refractivity contribution in [2.45, 2.75) is 6.54 Å². The number of phenolic OH excluding ortho intramolecular Hbond substituents is 1. The second-order valence-electron chi connectivity index (χ2n) is 4.23. The van der Waals surface area contributed by atoms with Gasteiger partial charge in [0.05, 0.1) is 6.20 Å². The van der Waals surface area contributed by atoms with Crippen LogP contribution in [0.2, 0.25) is 0 Å². The van der Waals surface area contributed by atoms with Gasteiger partial charge in [-0.1, -0.05) is 6.07 Å². The lowest BCUT2D eigenvalue weighted by Crippen LogP contribution is -2.03. The van der Waals surface area contributed by atoms with Crippen molar-refractivity contribution in [3.05, 3.63) is 42.2 Å². The number of nitrogens with one attached hydrogen (secondary N) is 2. The van der Waals surface area contributed by atoms with E-state index in [4.69, 9.17) is 5.73 Å². The first-order valence-corrected chi connectivity index (χ1v) is 5.83. The van der Waals surface area contributed by atoms with Gasteiger partial charge in [-0.3, -0.25) is 5.10 Å². The smallest absolute Gasteiger partial charge is 0.134 e. The van der Waals surface area contributed by atoms with Crippen molar-refractivity contribution in [2.75, 3.05) is 11.1 Å². The summed E-state index contributed by atoms with van der Waals surface area (Å²) in [6.45, 7) is 0.518. The monoisotopic (exact) mass is 255 g/mol. The van der Waals surface area contributed by atoms with Crippen molar-refractivity contribution in [1.29, 1.82) is 0 Å². The van der Waals surface area contributed by atoms with Gasteiger partial charge >= 0.3 is 0 Å². The molecule has 0 aliphatic heterocycles. The van der Waals surface area contributed by atoms with Gasteiger partial charge in [-0.05, 0) is 23.6 Å². The fourth-order valence-electron chi connectivity index (χ4n) is 1.94. The highest BCUT2D eigenvalue weighted by molar-refractivity contribution is 5.92. The first-order valence-electron chi connectivity index (χ1n) is 5.83. The maximum atomic E-state index is 9.56. The molecule has 1 aromatic carbocycles. The number of rotatable bonds is 3. The Kier molecular flexibility index (Phi) is 2.68. The van der Waals surface area contributed by atoms with Gasteiger partial charge in [0.1, 0.15) is 17.4 Å². The molecule has 0 radical (unpaired) electrons. The van der Waals surface area contributed by atoms with E-state index >= 15 is 0 Å². The Balaban J connectivity index is 1.92. The summed E-state index contributed by atoms with van der Waals surface area (Å²) in [6.07, 6.45) is 3.39. The Bertz CT molecular complexity index is 722. The van der Waals surface area contributed by atoms with Crippen LogP contribution < -0.4 is 11.1 Å². The van der Waals surface area contributed by atoms with E-state index in [1.165, 1.54) is 0 Å². The third kappa shape index (κ3) is 2.15. The molecule has 6 nitrogen and oxygen atoms in total. The predicted octanol–water partition coefficient (Wildman–Crippen LogP) is 1.86. The Morgan fingerprint density at radius 3 is 3.00 bits per heavy atom. The van der Waals surface area contributed by atoms with E-state index in [0.29, 0.717) is 18.2 Å². The highest BCUT2D eigenvalue weighted by atomic mass is 16.3. The van der Waals surface area contributed by atoms with Crippen LogP contribution in [0.25, 0.3) is 10.8 Å². The number of aromatic hydroxyl groups is 1. The summed E-state index contributed by atoms with van der Waals surface area (Å²) in [6, 6.07) is 7.08. The second-order valence-corrected chi connectivity index (χ2v) is 4.23. The maximum absolute atomic E-state index is 9.56. The summed E-state index contributed by atoms with van der Waals surface area (Å²) < 4.78 is 0. The molecule has 2 aromatic heterocycles. The first kappa shape index (κ1) is 11.3. The first-order chi connectivity index (χ1) is 9.24. The largest absolute Gasteiger partial charge is 0.508 e.